The third-order valence-corrected chi connectivity index (χ3v) is 5.36. The molecular weight excluding hydrogens is 368 g/mol. The van der Waals surface area contributed by atoms with Gasteiger partial charge in [-0.25, -0.2) is 4.79 Å². The van der Waals surface area contributed by atoms with E-state index in [4.69, 9.17) is 4.74 Å². The lowest BCUT2D eigenvalue weighted by Crippen LogP contribution is -2.48. The van der Waals surface area contributed by atoms with Gasteiger partial charge < -0.3 is 20.1 Å². The van der Waals surface area contributed by atoms with Crippen LogP contribution in [0, 0.1) is 0 Å². The SMILES string of the molecule is COc1csc(C(=O)Nc2cccc(C(=O)N3CCCCC3C(=O)O)c2)c1. The number of carboxylic acids is 1. The van der Waals surface area contributed by atoms with Crippen molar-refractivity contribution in [3.8, 4) is 5.75 Å². The van der Waals surface area contributed by atoms with Gasteiger partial charge in [0.1, 0.15) is 11.8 Å². The molecule has 0 aliphatic carbocycles. The molecule has 1 aromatic heterocycles. The number of nitrogens with one attached hydrogen (secondary N) is 1. The highest BCUT2D eigenvalue weighted by Crippen LogP contribution is 2.24. The van der Waals surface area contributed by atoms with Gasteiger partial charge in [0.25, 0.3) is 11.8 Å². The molecule has 1 unspecified atom stereocenters. The van der Waals surface area contributed by atoms with Gasteiger partial charge in [0.05, 0.1) is 12.0 Å². The minimum atomic E-state index is -0.987. The Bertz CT molecular complexity index is 863. The highest BCUT2D eigenvalue weighted by Gasteiger charge is 2.32. The van der Waals surface area contributed by atoms with Crippen LogP contribution >= 0.6 is 11.3 Å². The number of hydrogen-bond acceptors (Lipinski definition) is 5. The first-order valence-electron chi connectivity index (χ1n) is 8.57. The first-order chi connectivity index (χ1) is 13.0. The van der Waals surface area contributed by atoms with Crippen molar-refractivity contribution < 1.29 is 24.2 Å². The molecule has 2 aromatic rings. The number of carbonyl (C=O) groups is 3. The van der Waals surface area contributed by atoms with E-state index in [-0.39, 0.29) is 11.8 Å². The second kappa shape index (κ2) is 8.22. The number of ether oxygens (including phenoxy) is 1. The molecule has 0 saturated carbocycles. The number of likely N-dealkylation sites (tertiary alicyclic amines) is 1. The third kappa shape index (κ3) is 4.28. The number of methoxy groups -OCH3 is 1. The molecule has 142 valence electrons. The van der Waals surface area contributed by atoms with Crippen LogP contribution in [0.3, 0.4) is 0 Å². The van der Waals surface area contributed by atoms with Gasteiger partial charge in [-0.05, 0) is 37.5 Å². The van der Waals surface area contributed by atoms with Gasteiger partial charge in [-0.1, -0.05) is 6.07 Å². The minimum Gasteiger partial charge on any atom is -0.496 e. The summed E-state index contributed by atoms with van der Waals surface area (Å²) < 4.78 is 5.07. The van der Waals surface area contributed by atoms with Crippen molar-refractivity contribution in [1.29, 1.82) is 0 Å². The van der Waals surface area contributed by atoms with Crippen LogP contribution in [0.5, 0.6) is 5.75 Å². The van der Waals surface area contributed by atoms with Crippen LogP contribution in [-0.2, 0) is 4.79 Å². The number of benzene rings is 1. The van der Waals surface area contributed by atoms with Crippen LogP contribution in [0.4, 0.5) is 5.69 Å². The van der Waals surface area contributed by atoms with Crippen LogP contribution in [-0.4, -0.2) is 47.5 Å². The molecular formula is C19H20N2O5S. The third-order valence-electron chi connectivity index (χ3n) is 4.45. The topological polar surface area (TPSA) is 95.9 Å². The van der Waals surface area contributed by atoms with Crippen molar-refractivity contribution in [1.82, 2.24) is 4.90 Å². The summed E-state index contributed by atoms with van der Waals surface area (Å²) in [5, 5.41) is 13.9. The number of aliphatic carboxylic acids is 1. The fourth-order valence-corrected chi connectivity index (χ4v) is 3.81. The summed E-state index contributed by atoms with van der Waals surface area (Å²) in [5.74, 6) is -1.01. The van der Waals surface area contributed by atoms with Crippen molar-refractivity contribution in [3.63, 3.8) is 0 Å². The van der Waals surface area contributed by atoms with E-state index in [0.717, 1.165) is 12.8 Å². The average molecular weight is 388 g/mol. The summed E-state index contributed by atoms with van der Waals surface area (Å²) in [6.07, 6.45) is 2.03. The maximum Gasteiger partial charge on any atom is 0.326 e. The van der Waals surface area contributed by atoms with Crippen molar-refractivity contribution >= 4 is 34.8 Å². The van der Waals surface area contributed by atoms with Crippen molar-refractivity contribution in [3.05, 3.63) is 46.2 Å². The molecule has 0 radical (unpaired) electrons. The zero-order valence-corrected chi connectivity index (χ0v) is 15.6. The number of anilines is 1. The largest absolute Gasteiger partial charge is 0.496 e. The molecule has 1 aliphatic heterocycles. The van der Waals surface area contributed by atoms with Gasteiger partial charge >= 0.3 is 5.97 Å². The number of amides is 2. The first-order valence-corrected chi connectivity index (χ1v) is 9.45. The van der Waals surface area contributed by atoms with E-state index in [0.29, 0.717) is 34.8 Å². The smallest absolute Gasteiger partial charge is 0.326 e. The van der Waals surface area contributed by atoms with Gasteiger partial charge in [0.2, 0.25) is 0 Å². The van der Waals surface area contributed by atoms with E-state index in [1.807, 2.05) is 0 Å². The number of carbonyl (C=O) groups excluding carboxylic acids is 2. The van der Waals surface area contributed by atoms with Crippen LogP contribution in [0.15, 0.2) is 35.7 Å². The second-order valence-corrected chi connectivity index (χ2v) is 7.15. The molecule has 2 N–H and O–H groups in total. The molecule has 2 amide bonds. The van der Waals surface area contributed by atoms with Crippen molar-refractivity contribution in [2.45, 2.75) is 25.3 Å². The Hall–Kier alpha value is -2.87. The summed E-state index contributed by atoms with van der Waals surface area (Å²) >= 11 is 1.26. The van der Waals surface area contributed by atoms with E-state index in [1.165, 1.54) is 23.3 Å². The van der Waals surface area contributed by atoms with Crippen LogP contribution in [0.25, 0.3) is 0 Å². The Morgan fingerprint density at radius 1 is 1.26 bits per heavy atom. The van der Waals surface area contributed by atoms with E-state index in [2.05, 4.69) is 5.32 Å². The summed E-state index contributed by atoms with van der Waals surface area (Å²) in [5.41, 5.74) is 0.826. The molecule has 0 bridgehead atoms. The average Bonchev–Trinajstić information content (AvgIpc) is 3.17. The second-order valence-electron chi connectivity index (χ2n) is 6.23. The van der Waals surface area contributed by atoms with Crippen molar-refractivity contribution in [2.75, 3.05) is 19.0 Å². The molecule has 8 heteroatoms. The van der Waals surface area contributed by atoms with Gasteiger partial charge in [-0.15, -0.1) is 11.3 Å². The molecule has 7 nitrogen and oxygen atoms in total. The summed E-state index contributed by atoms with van der Waals surface area (Å²) in [7, 11) is 1.53. The monoisotopic (exact) mass is 388 g/mol. The number of carboxylic acid groups (broad SMARTS) is 1. The number of hydrogen-bond donors (Lipinski definition) is 2. The van der Waals surface area contributed by atoms with E-state index >= 15 is 0 Å². The molecule has 1 aliphatic rings. The lowest BCUT2D eigenvalue weighted by Gasteiger charge is -2.33. The zero-order chi connectivity index (χ0) is 19.4. The van der Waals surface area contributed by atoms with Crippen LogP contribution < -0.4 is 10.1 Å². The maximum atomic E-state index is 12.8. The fraction of sp³-hybridized carbons (Fsp3) is 0.316. The number of rotatable bonds is 5. The first kappa shape index (κ1) is 18.9. The molecule has 1 atom stereocenters. The van der Waals surface area contributed by atoms with Crippen molar-refractivity contribution in [2.24, 2.45) is 0 Å². The standard InChI is InChI=1S/C19H20N2O5S/c1-26-14-10-16(27-11-14)17(22)20-13-6-4-5-12(9-13)18(23)21-8-3-2-7-15(21)19(24)25/h4-6,9-11,15H,2-3,7-8H2,1H3,(H,20,22)(H,24,25). The number of nitrogens with zero attached hydrogens (tertiary/aromatic N) is 1. The molecule has 27 heavy (non-hydrogen) atoms. The predicted molar refractivity (Wildman–Crippen MR) is 102 cm³/mol. The highest BCUT2D eigenvalue weighted by molar-refractivity contribution is 7.12. The summed E-state index contributed by atoms with van der Waals surface area (Å²) in [6, 6.07) is 7.38. The van der Waals surface area contributed by atoms with Crippen LogP contribution in [0.1, 0.15) is 39.3 Å². The molecule has 2 heterocycles. The zero-order valence-electron chi connectivity index (χ0n) is 14.8. The highest BCUT2D eigenvalue weighted by atomic mass is 32.1. The maximum absolute atomic E-state index is 12.8. The number of piperidine rings is 1. The van der Waals surface area contributed by atoms with Gasteiger partial charge in [-0.2, -0.15) is 0 Å². The quantitative estimate of drug-likeness (QED) is 0.821. The van der Waals surface area contributed by atoms with Gasteiger partial charge in [0, 0.05) is 29.2 Å². The van der Waals surface area contributed by atoms with E-state index < -0.39 is 12.0 Å². The molecule has 3 rings (SSSR count). The van der Waals surface area contributed by atoms with E-state index in [1.54, 1.807) is 35.7 Å². The normalized spacial score (nSPS) is 16.6. The Balaban J connectivity index is 1.75. The summed E-state index contributed by atoms with van der Waals surface area (Å²) in [4.78, 5) is 38.5. The Kier molecular flexibility index (Phi) is 5.75. The molecule has 1 fully saturated rings. The summed E-state index contributed by atoms with van der Waals surface area (Å²) in [6.45, 7) is 0.418. The molecule has 0 spiro atoms. The molecule has 1 saturated heterocycles. The number of thiophene rings is 1. The van der Waals surface area contributed by atoms with Gasteiger partial charge in [0.15, 0.2) is 0 Å². The fourth-order valence-electron chi connectivity index (χ4n) is 3.06. The van der Waals surface area contributed by atoms with E-state index in [9.17, 15) is 19.5 Å². The Labute approximate surface area is 160 Å². The molecule has 1 aromatic carbocycles. The minimum absolute atomic E-state index is 0.297. The Morgan fingerprint density at radius 2 is 2.07 bits per heavy atom. The van der Waals surface area contributed by atoms with Gasteiger partial charge in [-0.3, -0.25) is 9.59 Å². The predicted octanol–water partition coefficient (Wildman–Crippen LogP) is 3.09. The Morgan fingerprint density at radius 3 is 2.78 bits per heavy atom. The lowest BCUT2D eigenvalue weighted by atomic mass is 10.0. The lowest BCUT2D eigenvalue weighted by molar-refractivity contribution is -0.143. The van der Waals surface area contributed by atoms with Crippen LogP contribution in [0.2, 0.25) is 0 Å².